The maximum absolute atomic E-state index is 13.0. The van der Waals surface area contributed by atoms with Gasteiger partial charge < -0.3 is 14.4 Å². The number of rotatable bonds is 4. The molecule has 0 spiro atoms. The molecule has 1 amide bonds. The predicted octanol–water partition coefficient (Wildman–Crippen LogP) is 3.67. The molecule has 2 aliphatic rings. The highest BCUT2D eigenvalue weighted by molar-refractivity contribution is 7.92. The topological polar surface area (TPSA) is 84.9 Å². The molecule has 0 aliphatic carbocycles. The number of likely N-dealkylation sites (tertiary alicyclic amines) is 1. The molecule has 172 valence electrons. The van der Waals surface area contributed by atoms with E-state index in [9.17, 15) is 26.4 Å². The van der Waals surface area contributed by atoms with E-state index >= 15 is 0 Å². The van der Waals surface area contributed by atoms with Crippen molar-refractivity contribution >= 4 is 21.6 Å². The summed E-state index contributed by atoms with van der Waals surface area (Å²) in [6.07, 6.45) is -4.05. The van der Waals surface area contributed by atoms with Crippen molar-refractivity contribution in [3.05, 3.63) is 48.0 Å². The van der Waals surface area contributed by atoms with Gasteiger partial charge >= 0.3 is 6.18 Å². The first-order valence-electron chi connectivity index (χ1n) is 10.0. The number of alkyl halides is 3. The Morgan fingerprint density at radius 2 is 1.72 bits per heavy atom. The first-order chi connectivity index (χ1) is 15.1. The molecule has 1 atom stereocenters. The van der Waals surface area contributed by atoms with Crippen molar-refractivity contribution in [2.75, 3.05) is 31.0 Å². The van der Waals surface area contributed by atoms with Gasteiger partial charge in [-0.25, -0.2) is 8.42 Å². The highest BCUT2D eigenvalue weighted by atomic mass is 32.2. The second-order valence-corrected chi connectivity index (χ2v) is 9.30. The molecule has 0 radical (unpaired) electrons. The average Bonchev–Trinajstić information content (AvgIpc) is 2.78. The number of amides is 1. The molecule has 0 bridgehead atoms. The van der Waals surface area contributed by atoms with Crippen molar-refractivity contribution in [2.45, 2.75) is 23.9 Å². The highest BCUT2D eigenvalue weighted by Gasteiger charge is 2.42. The molecule has 1 saturated heterocycles. The molecule has 2 aliphatic heterocycles. The van der Waals surface area contributed by atoms with E-state index < -0.39 is 28.0 Å². The van der Waals surface area contributed by atoms with E-state index in [1.165, 1.54) is 47.4 Å². The molecular weight excluding hydrogens is 449 g/mol. The zero-order valence-corrected chi connectivity index (χ0v) is 17.7. The summed E-state index contributed by atoms with van der Waals surface area (Å²) in [6, 6.07) is 9.84. The number of nitrogens with one attached hydrogen (secondary N) is 1. The number of fused-ring (bicyclic) bond motifs is 1. The quantitative estimate of drug-likeness (QED) is 0.737. The number of anilines is 1. The van der Waals surface area contributed by atoms with Gasteiger partial charge in [-0.1, -0.05) is 0 Å². The number of piperidine rings is 1. The highest BCUT2D eigenvalue weighted by Crippen LogP contribution is 2.34. The van der Waals surface area contributed by atoms with Gasteiger partial charge in [0.25, 0.3) is 15.9 Å². The molecule has 11 heteroatoms. The van der Waals surface area contributed by atoms with Gasteiger partial charge in [0, 0.05) is 30.4 Å². The maximum atomic E-state index is 13.0. The molecule has 32 heavy (non-hydrogen) atoms. The summed E-state index contributed by atoms with van der Waals surface area (Å²) in [4.78, 5) is 13.8. The summed E-state index contributed by atoms with van der Waals surface area (Å²) in [5, 5.41) is 0. The lowest BCUT2D eigenvalue weighted by molar-refractivity contribution is -0.184. The van der Waals surface area contributed by atoms with Crippen LogP contribution in [-0.2, 0) is 10.0 Å². The summed E-state index contributed by atoms with van der Waals surface area (Å²) in [6.45, 7) is 0.585. The number of hydrogen-bond acceptors (Lipinski definition) is 5. The Labute approximate surface area is 183 Å². The van der Waals surface area contributed by atoms with Crippen LogP contribution < -0.4 is 14.2 Å². The fraction of sp³-hybridized carbons (Fsp3) is 0.381. The van der Waals surface area contributed by atoms with E-state index in [0.717, 1.165) is 0 Å². The largest absolute Gasteiger partial charge is 0.486 e. The first-order valence-corrected chi connectivity index (χ1v) is 11.5. The van der Waals surface area contributed by atoms with Crippen LogP contribution in [0.25, 0.3) is 0 Å². The summed E-state index contributed by atoms with van der Waals surface area (Å²) in [5.74, 6) is -1.25. The van der Waals surface area contributed by atoms with Gasteiger partial charge in [-0.2, -0.15) is 13.2 Å². The monoisotopic (exact) mass is 470 g/mol. The Morgan fingerprint density at radius 3 is 2.41 bits per heavy atom. The summed E-state index contributed by atoms with van der Waals surface area (Å²) < 4.78 is 77.6. The number of nitrogens with zero attached hydrogens (tertiary/aromatic N) is 1. The lowest BCUT2D eigenvalue weighted by atomic mass is 9.97. The number of ether oxygens (including phenoxy) is 2. The van der Waals surface area contributed by atoms with E-state index in [1.54, 1.807) is 0 Å². The molecule has 1 fully saturated rings. The van der Waals surface area contributed by atoms with E-state index in [1.807, 2.05) is 0 Å². The standard InChI is InChI=1S/C21H21F3N2O5S/c22-21(23,24)15-2-1-9-26(13-15)20(27)14-3-5-16(6-4-14)25-32(28,29)17-7-8-18-19(12-17)31-11-10-30-18/h3-8,12,15,25H,1-2,9-11,13H2. The Balaban J connectivity index is 1.45. The van der Waals surface area contributed by atoms with E-state index in [0.29, 0.717) is 24.7 Å². The molecule has 0 saturated carbocycles. The van der Waals surface area contributed by atoms with Crippen LogP contribution >= 0.6 is 0 Å². The molecule has 0 aromatic heterocycles. The maximum Gasteiger partial charge on any atom is 0.393 e. The predicted molar refractivity (Wildman–Crippen MR) is 109 cm³/mol. The lowest BCUT2D eigenvalue weighted by Crippen LogP contribution is -2.44. The Bertz CT molecular complexity index is 1100. The minimum atomic E-state index is -4.34. The van der Waals surface area contributed by atoms with Crippen LogP contribution in [0.1, 0.15) is 23.2 Å². The van der Waals surface area contributed by atoms with Crippen molar-refractivity contribution < 1.29 is 35.9 Å². The minimum absolute atomic E-state index is 0.00779. The van der Waals surface area contributed by atoms with Crippen molar-refractivity contribution in [3.8, 4) is 11.5 Å². The number of hydrogen-bond donors (Lipinski definition) is 1. The third kappa shape index (κ3) is 4.77. The zero-order valence-electron chi connectivity index (χ0n) is 16.9. The Hall–Kier alpha value is -2.95. The normalized spacial score (nSPS) is 18.8. The zero-order chi connectivity index (χ0) is 22.9. The van der Waals surface area contributed by atoms with Crippen LogP contribution in [0.5, 0.6) is 11.5 Å². The number of halogens is 3. The van der Waals surface area contributed by atoms with Gasteiger partial charge in [-0.15, -0.1) is 0 Å². The van der Waals surface area contributed by atoms with Gasteiger partial charge in [-0.3, -0.25) is 9.52 Å². The average molecular weight is 470 g/mol. The molecule has 2 heterocycles. The van der Waals surface area contributed by atoms with Gasteiger partial charge in [0.05, 0.1) is 10.8 Å². The van der Waals surface area contributed by atoms with Gasteiger partial charge in [-0.05, 0) is 49.2 Å². The van der Waals surface area contributed by atoms with Crippen LogP contribution in [0.3, 0.4) is 0 Å². The van der Waals surface area contributed by atoms with Crippen LogP contribution in [0.2, 0.25) is 0 Å². The molecule has 1 unspecified atom stereocenters. The molecule has 4 rings (SSSR count). The lowest BCUT2D eigenvalue weighted by Gasteiger charge is -2.33. The Kier molecular flexibility index (Phi) is 5.93. The van der Waals surface area contributed by atoms with Crippen molar-refractivity contribution in [3.63, 3.8) is 0 Å². The van der Waals surface area contributed by atoms with Crippen molar-refractivity contribution in [2.24, 2.45) is 5.92 Å². The van der Waals surface area contributed by atoms with E-state index in [4.69, 9.17) is 9.47 Å². The third-order valence-corrected chi connectivity index (χ3v) is 6.76. The molecule has 2 aromatic carbocycles. The van der Waals surface area contributed by atoms with E-state index in [-0.39, 0.29) is 42.1 Å². The SMILES string of the molecule is O=C(c1ccc(NS(=O)(=O)c2ccc3c(c2)OCCO3)cc1)N1CCCC(C(F)(F)F)C1. The molecular formula is C21H21F3N2O5S. The number of sulfonamides is 1. The number of carbonyl (C=O) groups excluding carboxylic acids is 1. The fourth-order valence-corrected chi connectivity index (χ4v) is 4.77. The van der Waals surface area contributed by atoms with Crippen LogP contribution in [0.15, 0.2) is 47.4 Å². The number of carbonyl (C=O) groups is 1. The summed E-state index contributed by atoms with van der Waals surface area (Å²) in [5.41, 5.74) is 0.401. The second kappa shape index (κ2) is 8.53. The number of benzene rings is 2. The summed E-state index contributed by atoms with van der Waals surface area (Å²) >= 11 is 0. The van der Waals surface area contributed by atoms with E-state index in [2.05, 4.69) is 4.72 Å². The van der Waals surface area contributed by atoms with Crippen LogP contribution in [0, 0.1) is 5.92 Å². The fourth-order valence-electron chi connectivity index (χ4n) is 3.70. The summed E-state index contributed by atoms with van der Waals surface area (Å²) in [7, 11) is -3.93. The van der Waals surface area contributed by atoms with Gasteiger partial charge in [0.2, 0.25) is 0 Å². The second-order valence-electron chi connectivity index (χ2n) is 7.62. The first kappa shape index (κ1) is 22.3. The van der Waals surface area contributed by atoms with Crippen LogP contribution in [0.4, 0.5) is 18.9 Å². The molecule has 2 aromatic rings. The van der Waals surface area contributed by atoms with Crippen molar-refractivity contribution in [1.29, 1.82) is 0 Å². The molecule has 7 nitrogen and oxygen atoms in total. The molecule has 1 N–H and O–H groups in total. The van der Waals surface area contributed by atoms with Crippen molar-refractivity contribution in [1.82, 2.24) is 4.90 Å². The van der Waals surface area contributed by atoms with Gasteiger partial charge in [0.15, 0.2) is 11.5 Å². The van der Waals surface area contributed by atoms with Gasteiger partial charge in [0.1, 0.15) is 13.2 Å². The van der Waals surface area contributed by atoms with Crippen LogP contribution in [-0.4, -0.2) is 51.7 Å². The third-order valence-electron chi connectivity index (χ3n) is 5.38. The Morgan fingerprint density at radius 1 is 1.03 bits per heavy atom. The smallest absolute Gasteiger partial charge is 0.393 e. The minimum Gasteiger partial charge on any atom is -0.486 e.